The van der Waals surface area contributed by atoms with Crippen molar-refractivity contribution in [1.29, 1.82) is 0 Å². The molecule has 0 unspecified atom stereocenters. The van der Waals surface area contributed by atoms with Gasteiger partial charge < -0.3 is 0 Å². The highest BCUT2D eigenvalue weighted by Gasteiger charge is 2.21. The first-order valence-electron chi connectivity index (χ1n) is 6.99. The van der Waals surface area contributed by atoms with Gasteiger partial charge in [-0.15, -0.1) is 11.3 Å². The number of ketones is 1. The standard InChI is InChI=1S/C17H17FOS/c1-10-7-13(18)8-11(2)16(10)17(19)15-9-12-5-3-4-6-14(12)20-15/h7-9H,3-6H2,1-2H3. The van der Waals surface area contributed by atoms with Crippen LogP contribution in [0.1, 0.15) is 49.6 Å². The Morgan fingerprint density at radius 1 is 1.10 bits per heavy atom. The fraction of sp³-hybridized carbons (Fsp3) is 0.353. The molecule has 0 radical (unpaired) electrons. The van der Waals surface area contributed by atoms with Gasteiger partial charge in [0.2, 0.25) is 5.78 Å². The summed E-state index contributed by atoms with van der Waals surface area (Å²) in [6.07, 6.45) is 4.61. The van der Waals surface area contributed by atoms with Crippen LogP contribution in [0.15, 0.2) is 18.2 Å². The quantitative estimate of drug-likeness (QED) is 0.737. The van der Waals surface area contributed by atoms with Crippen LogP contribution < -0.4 is 0 Å². The molecule has 20 heavy (non-hydrogen) atoms. The van der Waals surface area contributed by atoms with Crippen LogP contribution in [0.2, 0.25) is 0 Å². The lowest BCUT2D eigenvalue weighted by Gasteiger charge is -2.08. The maximum absolute atomic E-state index is 13.4. The van der Waals surface area contributed by atoms with E-state index in [1.165, 1.54) is 35.4 Å². The van der Waals surface area contributed by atoms with Crippen LogP contribution in [0.25, 0.3) is 0 Å². The summed E-state index contributed by atoms with van der Waals surface area (Å²) in [5, 5.41) is 0. The fourth-order valence-electron chi connectivity index (χ4n) is 2.99. The van der Waals surface area contributed by atoms with E-state index in [0.717, 1.165) is 28.8 Å². The summed E-state index contributed by atoms with van der Waals surface area (Å²) < 4.78 is 13.4. The van der Waals surface area contributed by atoms with Crippen LogP contribution in [-0.4, -0.2) is 5.78 Å². The molecule has 0 aliphatic heterocycles. The first-order chi connectivity index (χ1) is 9.56. The lowest BCUT2D eigenvalue weighted by atomic mass is 9.96. The number of carbonyl (C=O) groups excluding carboxylic acids is 1. The van der Waals surface area contributed by atoms with Gasteiger partial charge in [-0.3, -0.25) is 4.79 Å². The molecule has 2 aromatic rings. The minimum atomic E-state index is -0.276. The van der Waals surface area contributed by atoms with Gasteiger partial charge in [-0.1, -0.05) is 0 Å². The number of carbonyl (C=O) groups is 1. The van der Waals surface area contributed by atoms with Gasteiger partial charge in [-0.2, -0.15) is 0 Å². The lowest BCUT2D eigenvalue weighted by molar-refractivity contribution is 0.104. The number of hydrogen-bond acceptors (Lipinski definition) is 2. The molecule has 0 bridgehead atoms. The Hall–Kier alpha value is -1.48. The van der Waals surface area contributed by atoms with Crippen LogP contribution in [0.3, 0.4) is 0 Å². The van der Waals surface area contributed by atoms with Crippen molar-refractivity contribution < 1.29 is 9.18 Å². The van der Waals surface area contributed by atoms with Crippen molar-refractivity contribution in [1.82, 2.24) is 0 Å². The molecule has 1 aromatic carbocycles. The number of thiophene rings is 1. The molecule has 0 saturated carbocycles. The van der Waals surface area contributed by atoms with Crippen molar-refractivity contribution in [3.63, 3.8) is 0 Å². The van der Waals surface area contributed by atoms with E-state index in [1.54, 1.807) is 25.2 Å². The molecule has 0 atom stereocenters. The normalized spacial score (nSPS) is 14.2. The molecule has 0 N–H and O–H groups in total. The van der Waals surface area contributed by atoms with Gasteiger partial charge >= 0.3 is 0 Å². The zero-order chi connectivity index (χ0) is 14.3. The Morgan fingerprint density at radius 2 is 1.75 bits per heavy atom. The van der Waals surface area contributed by atoms with Gasteiger partial charge in [0.15, 0.2) is 0 Å². The highest BCUT2D eigenvalue weighted by molar-refractivity contribution is 7.14. The first kappa shape index (κ1) is 13.5. The van der Waals surface area contributed by atoms with E-state index in [0.29, 0.717) is 5.56 Å². The molecule has 1 heterocycles. The van der Waals surface area contributed by atoms with E-state index in [9.17, 15) is 9.18 Å². The molecule has 1 aliphatic rings. The van der Waals surface area contributed by atoms with Crippen molar-refractivity contribution in [2.45, 2.75) is 39.5 Å². The third kappa shape index (κ3) is 2.31. The molecule has 3 rings (SSSR count). The van der Waals surface area contributed by atoms with Crippen LogP contribution in [0.4, 0.5) is 4.39 Å². The number of rotatable bonds is 2. The zero-order valence-electron chi connectivity index (χ0n) is 11.8. The smallest absolute Gasteiger partial charge is 0.203 e. The fourth-order valence-corrected chi connectivity index (χ4v) is 4.19. The Labute approximate surface area is 122 Å². The van der Waals surface area contributed by atoms with E-state index < -0.39 is 0 Å². The minimum absolute atomic E-state index is 0.0411. The van der Waals surface area contributed by atoms with Crippen LogP contribution in [0.5, 0.6) is 0 Å². The molecule has 0 saturated heterocycles. The monoisotopic (exact) mass is 288 g/mol. The van der Waals surface area contributed by atoms with Gasteiger partial charge in [0.05, 0.1) is 4.88 Å². The predicted octanol–water partition coefficient (Wildman–Crippen LogP) is 4.61. The molecule has 3 heteroatoms. The summed E-state index contributed by atoms with van der Waals surface area (Å²) in [6.45, 7) is 3.60. The van der Waals surface area contributed by atoms with Crippen molar-refractivity contribution in [3.05, 3.63) is 56.0 Å². The molecule has 0 spiro atoms. The molecule has 0 fully saturated rings. The average Bonchev–Trinajstić information content (AvgIpc) is 2.81. The Balaban J connectivity index is 2.03. The predicted molar refractivity (Wildman–Crippen MR) is 80.3 cm³/mol. The summed E-state index contributed by atoms with van der Waals surface area (Å²) in [5.41, 5.74) is 3.43. The molecular weight excluding hydrogens is 271 g/mol. The highest BCUT2D eigenvalue weighted by Crippen LogP contribution is 2.32. The number of halogens is 1. The maximum Gasteiger partial charge on any atom is 0.203 e. The van der Waals surface area contributed by atoms with E-state index in [4.69, 9.17) is 0 Å². The summed E-state index contributed by atoms with van der Waals surface area (Å²) in [6, 6.07) is 4.92. The van der Waals surface area contributed by atoms with Gasteiger partial charge in [0, 0.05) is 10.4 Å². The number of benzene rings is 1. The topological polar surface area (TPSA) is 17.1 Å². The number of hydrogen-bond donors (Lipinski definition) is 0. The second-order valence-electron chi connectivity index (χ2n) is 5.51. The SMILES string of the molecule is Cc1cc(F)cc(C)c1C(=O)c1cc2c(s1)CCCC2. The Morgan fingerprint density at radius 3 is 2.40 bits per heavy atom. The highest BCUT2D eigenvalue weighted by atomic mass is 32.1. The molecule has 1 aromatic heterocycles. The third-order valence-corrected chi connectivity index (χ3v) is 5.18. The van der Waals surface area contributed by atoms with Crippen molar-refractivity contribution >= 4 is 17.1 Å². The summed E-state index contributed by atoms with van der Waals surface area (Å²) in [5.74, 6) is -0.235. The summed E-state index contributed by atoms with van der Waals surface area (Å²) in [7, 11) is 0. The Bertz CT molecular complexity index is 638. The van der Waals surface area contributed by atoms with Crippen molar-refractivity contribution in [2.24, 2.45) is 0 Å². The molecule has 0 amide bonds. The van der Waals surface area contributed by atoms with Gasteiger partial charge in [0.25, 0.3) is 0 Å². The third-order valence-electron chi connectivity index (χ3n) is 3.94. The second-order valence-corrected chi connectivity index (χ2v) is 6.65. The van der Waals surface area contributed by atoms with E-state index in [-0.39, 0.29) is 11.6 Å². The molecular formula is C17H17FOS. The lowest BCUT2D eigenvalue weighted by Crippen LogP contribution is -2.05. The molecule has 104 valence electrons. The summed E-state index contributed by atoms with van der Waals surface area (Å²) in [4.78, 5) is 14.9. The van der Waals surface area contributed by atoms with E-state index in [1.807, 2.05) is 6.07 Å². The minimum Gasteiger partial charge on any atom is -0.288 e. The average molecular weight is 288 g/mol. The van der Waals surface area contributed by atoms with Gasteiger partial charge in [0.1, 0.15) is 5.82 Å². The van der Waals surface area contributed by atoms with Gasteiger partial charge in [-0.05, 0) is 74.4 Å². The maximum atomic E-state index is 13.4. The van der Waals surface area contributed by atoms with Crippen LogP contribution >= 0.6 is 11.3 Å². The van der Waals surface area contributed by atoms with E-state index in [2.05, 4.69) is 0 Å². The summed E-state index contributed by atoms with van der Waals surface area (Å²) >= 11 is 1.62. The number of fused-ring (bicyclic) bond motifs is 1. The Kier molecular flexibility index (Phi) is 3.47. The van der Waals surface area contributed by atoms with E-state index >= 15 is 0 Å². The van der Waals surface area contributed by atoms with Crippen molar-refractivity contribution in [3.8, 4) is 0 Å². The molecule has 1 aliphatic carbocycles. The first-order valence-corrected chi connectivity index (χ1v) is 7.81. The number of aryl methyl sites for hydroxylation is 4. The second kappa shape index (κ2) is 5.13. The van der Waals surface area contributed by atoms with Gasteiger partial charge in [-0.25, -0.2) is 4.39 Å². The zero-order valence-corrected chi connectivity index (χ0v) is 12.6. The van der Waals surface area contributed by atoms with Crippen LogP contribution in [-0.2, 0) is 12.8 Å². The van der Waals surface area contributed by atoms with Crippen molar-refractivity contribution in [2.75, 3.05) is 0 Å². The van der Waals surface area contributed by atoms with Crippen LogP contribution in [0, 0.1) is 19.7 Å². The largest absolute Gasteiger partial charge is 0.288 e. The molecule has 1 nitrogen and oxygen atoms in total.